The maximum atomic E-state index is 9.75. The van der Waals surface area contributed by atoms with Crippen molar-refractivity contribution in [1.82, 2.24) is 24.4 Å². The molecule has 7 nitrogen and oxygen atoms in total. The van der Waals surface area contributed by atoms with Crippen molar-refractivity contribution in [1.29, 1.82) is 5.26 Å². The lowest BCUT2D eigenvalue weighted by Crippen LogP contribution is -2.47. The zero-order chi connectivity index (χ0) is 25.0. The number of nitriles is 1. The summed E-state index contributed by atoms with van der Waals surface area (Å²) in [6, 6.07) is 21.4. The number of rotatable bonds is 8. The molecule has 0 atom stereocenters. The van der Waals surface area contributed by atoms with Crippen LogP contribution in [-0.4, -0.2) is 57.1 Å². The molecule has 0 spiro atoms. The summed E-state index contributed by atoms with van der Waals surface area (Å²) >= 11 is 0. The molecule has 0 saturated carbocycles. The second-order valence-corrected chi connectivity index (χ2v) is 9.77. The smallest absolute Gasteiger partial charge is 0.156 e. The van der Waals surface area contributed by atoms with Crippen molar-refractivity contribution in [3.8, 4) is 6.07 Å². The number of para-hydroxylation sites is 1. The summed E-state index contributed by atoms with van der Waals surface area (Å²) in [5.41, 5.74) is 6.29. The van der Waals surface area contributed by atoms with Gasteiger partial charge in [-0.05, 0) is 36.5 Å². The van der Waals surface area contributed by atoms with Crippen LogP contribution in [0, 0.1) is 11.3 Å². The molecule has 4 heterocycles. The number of H-pyrrole nitrogens is 1. The van der Waals surface area contributed by atoms with Crippen LogP contribution in [0.3, 0.4) is 0 Å². The Bertz CT molecular complexity index is 1540. The van der Waals surface area contributed by atoms with Gasteiger partial charge in [-0.2, -0.15) is 5.26 Å². The summed E-state index contributed by atoms with van der Waals surface area (Å²) in [6.07, 6.45) is 8.74. The molecule has 1 N–H and O–H groups in total. The molecule has 0 amide bonds. The summed E-state index contributed by atoms with van der Waals surface area (Å²) < 4.78 is 2.19. The van der Waals surface area contributed by atoms with Crippen LogP contribution < -0.4 is 4.90 Å². The molecule has 0 aliphatic carbocycles. The van der Waals surface area contributed by atoms with E-state index in [0.29, 0.717) is 5.56 Å². The predicted octanol–water partition coefficient (Wildman–Crippen LogP) is 4.78. The lowest BCUT2D eigenvalue weighted by atomic mass is 10.1. The van der Waals surface area contributed by atoms with Gasteiger partial charge in [0.15, 0.2) is 5.82 Å². The molecule has 5 aromatic rings. The monoisotopic (exact) mass is 489 g/mol. The molecule has 2 aromatic carbocycles. The summed E-state index contributed by atoms with van der Waals surface area (Å²) in [6.45, 7) is 5.69. The second kappa shape index (κ2) is 10.5. The fourth-order valence-corrected chi connectivity index (χ4v) is 5.50. The molecule has 6 rings (SSSR count). The van der Waals surface area contributed by atoms with Gasteiger partial charge in [0.25, 0.3) is 0 Å². The number of aryl methyl sites for hydroxylation is 2. The molecule has 0 bridgehead atoms. The molecule has 1 saturated heterocycles. The van der Waals surface area contributed by atoms with E-state index >= 15 is 0 Å². The standard InChI is InChI=1S/C30H31N7/c31-19-25-21-37(13-6-9-23-7-2-1-3-8-23)29-28(25)33-22-34-30(29)36-17-15-35(16-18-36)14-12-24-20-32-27-11-5-4-10-26(24)27/h1-5,7-8,10-11,20-22,32H,6,9,12-18H2. The zero-order valence-electron chi connectivity index (χ0n) is 21.0. The van der Waals surface area contributed by atoms with Gasteiger partial charge in [-0.25, -0.2) is 9.97 Å². The van der Waals surface area contributed by atoms with E-state index in [4.69, 9.17) is 4.98 Å². The van der Waals surface area contributed by atoms with Gasteiger partial charge in [0.2, 0.25) is 0 Å². The summed E-state index contributed by atoms with van der Waals surface area (Å²) in [5, 5.41) is 11.1. The minimum absolute atomic E-state index is 0.621. The van der Waals surface area contributed by atoms with Crippen molar-refractivity contribution in [2.24, 2.45) is 0 Å². The van der Waals surface area contributed by atoms with E-state index in [1.807, 2.05) is 12.3 Å². The SMILES string of the molecule is N#Cc1cn(CCCc2ccccc2)c2c(N3CCN(CCc4c[nH]c5ccccc45)CC3)ncnc12. The number of nitrogens with one attached hydrogen (secondary N) is 1. The number of aromatic nitrogens is 4. The van der Waals surface area contributed by atoms with Crippen LogP contribution in [0.25, 0.3) is 21.9 Å². The third kappa shape index (κ3) is 4.81. The number of fused-ring (bicyclic) bond motifs is 2. The average Bonchev–Trinajstić information content (AvgIpc) is 3.54. The molecule has 0 unspecified atom stereocenters. The molecule has 7 heteroatoms. The number of benzene rings is 2. The third-order valence-corrected chi connectivity index (χ3v) is 7.50. The van der Waals surface area contributed by atoms with Gasteiger partial charge in [-0.3, -0.25) is 4.90 Å². The van der Waals surface area contributed by atoms with Crippen LogP contribution in [0.15, 0.2) is 73.3 Å². The Labute approximate surface area is 217 Å². The van der Waals surface area contributed by atoms with Gasteiger partial charge < -0.3 is 14.5 Å². The number of nitrogens with zero attached hydrogens (tertiary/aromatic N) is 6. The van der Waals surface area contributed by atoms with E-state index in [1.165, 1.54) is 22.0 Å². The molecule has 1 aliphatic rings. The molecular formula is C30H31N7. The fourth-order valence-electron chi connectivity index (χ4n) is 5.50. The maximum absolute atomic E-state index is 9.75. The molecule has 37 heavy (non-hydrogen) atoms. The van der Waals surface area contributed by atoms with E-state index in [1.54, 1.807) is 6.33 Å². The first kappa shape index (κ1) is 23.3. The normalized spacial score (nSPS) is 14.4. The topological polar surface area (TPSA) is 76.8 Å². The highest BCUT2D eigenvalue weighted by atomic mass is 15.3. The Hall–Kier alpha value is -4.15. The molecular weight excluding hydrogens is 458 g/mol. The van der Waals surface area contributed by atoms with Gasteiger partial charge in [0.1, 0.15) is 23.4 Å². The minimum Gasteiger partial charge on any atom is -0.361 e. The van der Waals surface area contributed by atoms with E-state index in [9.17, 15) is 5.26 Å². The average molecular weight is 490 g/mol. The summed E-state index contributed by atoms with van der Waals surface area (Å²) in [5.74, 6) is 0.947. The number of hydrogen-bond donors (Lipinski definition) is 1. The maximum Gasteiger partial charge on any atom is 0.156 e. The Morgan fingerprint density at radius 3 is 2.54 bits per heavy atom. The summed E-state index contributed by atoms with van der Waals surface area (Å²) in [4.78, 5) is 17.5. The van der Waals surface area contributed by atoms with Gasteiger partial charge >= 0.3 is 0 Å². The number of anilines is 1. The lowest BCUT2D eigenvalue weighted by Gasteiger charge is -2.35. The quantitative estimate of drug-likeness (QED) is 0.339. The molecule has 0 radical (unpaired) electrons. The van der Waals surface area contributed by atoms with Gasteiger partial charge in [0, 0.05) is 62.6 Å². The van der Waals surface area contributed by atoms with E-state index in [0.717, 1.165) is 75.4 Å². The van der Waals surface area contributed by atoms with Gasteiger partial charge in [-0.15, -0.1) is 0 Å². The minimum atomic E-state index is 0.621. The Morgan fingerprint density at radius 2 is 1.70 bits per heavy atom. The highest BCUT2D eigenvalue weighted by Gasteiger charge is 2.23. The number of aromatic amines is 1. The number of hydrogen-bond acceptors (Lipinski definition) is 5. The Morgan fingerprint density at radius 1 is 0.892 bits per heavy atom. The highest BCUT2D eigenvalue weighted by molar-refractivity contribution is 5.91. The first-order chi connectivity index (χ1) is 18.3. The van der Waals surface area contributed by atoms with Crippen molar-refractivity contribution >= 4 is 27.8 Å². The molecule has 1 aliphatic heterocycles. The molecule has 186 valence electrons. The van der Waals surface area contributed by atoms with Crippen molar-refractivity contribution in [3.05, 3.63) is 90.0 Å². The van der Waals surface area contributed by atoms with E-state index in [-0.39, 0.29) is 0 Å². The van der Waals surface area contributed by atoms with E-state index < -0.39 is 0 Å². The van der Waals surface area contributed by atoms with Crippen LogP contribution in [0.2, 0.25) is 0 Å². The zero-order valence-corrected chi connectivity index (χ0v) is 21.0. The predicted molar refractivity (Wildman–Crippen MR) is 148 cm³/mol. The summed E-state index contributed by atoms with van der Waals surface area (Å²) in [7, 11) is 0. The fraction of sp³-hybridized carbons (Fsp3) is 0.300. The Kier molecular flexibility index (Phi) is 6.57. The Balaban J connectivity index is 1.14. The van der Waals surface area contributed by atoms with E-state index in [2.05, 4.69) is 85.1 Å². The lowest BCUT2D eigenvalue weighted by molar-refractivity contribution is 0.261. The van der Waals surface area contributed by atoms with Crippen LogP contribution in [0.5, 0.6) is 0 Å². The molecule has 3 aromatic heterocycles. The first-order valence-electron chi connectivity index (χ1n) is 13.1. The van der Waals surface area contributed by atoms with Crippen LogP contribution in [0.1, 0.15) is 23.1 Å². The van der Waals surface area contributed by atoms with Crippen molar-refractivity contribution in [3.63, 3.8) is 0 Å². The first-order valence-corrected chi connectivity index (χ1v) is 13.1. The second-order valence-electron chi connectivity index (χ2n) is 9.77. The van der Waals surface area contributed by atoms with Crippen molar-refractivity contribution < 1.29 is 0 Å². The van der Waals surface area contributed by atoms with Crippen molar-refractivity contribution in [2.75, 3.05) is 37.6 Å². The van der Waals surface area contributed by atoms with Crippen LogP contribution in [0.4, 0.5) is 5.82 Å². The highest BCUT2D eigenvalue weighted by Crippen LogP contribution is 2.28. The van der Waals surface area contributed by atoms with Crippen LogP contribution >= 0.6 is 0 Å². The van der Waals surface area contributed by atoms with Crippen molar-refractivity contribution in [2.45, 2.75) is 25.8 Å². The van der Waals surface area contributed by atoms with Gasteiger partial charge in [0.05, 0.1) is 5.56 Å². The third-order valence-electron chi connectivity index (χ3n) is 7.50. The van der Waals surface area contributed by atoms with Crippen LogP contribution in [-0.2, 0) is 19.4 Å². The molecule has 1 fully saturated rings. The number of piperazine rings is 1. The van der Waals surface area contributed by atoms with Gasteiger partial charge in [-0.1, -0.05) is 48.5 Å². The largest absolute Gasteiger partial charge is 0.361 e.